The van der Waals surface area contributed by atoms with Gasteiger partial charge in [0.2, 0.25) is 0 Å². The van der Waals surface area contributed by atoms with Crippen molar-refractivity contribution in [3.8, 4) is 0 Å². The summed E-state index contributed by atoms with van der Waals surface area (Å²) in [5.41, 5.74) is 0.615. The number of ketones is 1. The van der Waals surface area contributed by atoms with E-state index in [-0.39, 0.29) is 20.9 Å². The molecular formula is C14H7Br2F3O. The van der Waals surface area contributed by atoms with Gasteiger partial charge in [0.15, 0.2) is 17.4 Å². The summed E-state index contributed by atoms with van der Waals surface area (Å²) >= 11 is 5.89. The molecule has 0 heterocycles. The molecule has 0 spiro atoms. The first kappa shape index (κ1) is 15.3. The maximum Gasteiger partial charge on any atom is 0.173 e. The lowest BCUT2D eigenvalue weighted by atomic mass is 10.0. The van der Waals surface area contributed by atoms with Crippen molar-refractivity contribution in [3.63, 3.8) is 0 Å². The molecule has 0 atom stereocenters. The molecule has 2 aromatic rings. The maximum atomic E-state index is 13.4. The fourth-order valence-corrected chi connectivity index (χ4v) is 2.64. The minimum atomic E-state index is -1.10. The summed E-state index contributed by atoms with van der Waals surface area (Å²) in [5.74, 6) is -2.96. The van der Waals surface area contributed by atoms with Crippen LogP contribution in [0.15, 0.2) is 39.3 Å². The third-order valence-corrected chi connectivity index (χ3v) is 4.07. The average Bonchev–Trinajstić information content (AvgIpc) is 2.40. The van der Waals surface area contributed by atoms with Crippen LogP contribution in [0.2, 0.25) is 0 Å². The summed E-state index contributed by atoms with van der Waals surface area (Å²) < 4.78 is 39.5. The smallest absolute Gasteiger partial charge is 0.173 e. The van der Waals surface area contributed by atoms with E-state index >= 15 is 0 Å². The van der Waals surface area contributed by atoms with Gasteiger partial charge in [0, 0.05) is 12.0 Å². The van der Waals surface area contributed by atoms with Crippen LogP contribution in [0.5, 0.6) is 0 Å². The molecule has 0 saturated heterocycles. The number of Topliss-reactive ketones (excluding diaryl/α,β-unsaturated/α-hetero) is 1. The highest BCUT2D eigenvalue weighted by Crippen LogP contribution is 2.25. The summed E-state index contributed by atoms with van der Waals surface area (Å²) in [7, 11) is 0. The predicted octanol–water partition coefficient (Wildman–Crippen LogP) is 5.05. The fourth-order valence-electron chi connectivity index (χ4n) is 1.67. The third kappa shape index (κ3) is 3.12. The fraction of sp³-hybridized carbons (Fsp3) is 0.0714. The van der Waals surface area contributed by atoms with Crippen LogP contribution in [0.1, 0.15) is 15.9 Å². The molecule has 0 amide bonds. The van der Waals surface area contributed by atoms with Crippen molar-refractivity contribution in [2.24, 2.45) is 0 Å². The van der Waals surface area contributed by atoms with Crippen LogP contribution in [-0.2, 0) is 6.42 Å². The minimum Gasteiger partial charge on any atom is -0.294 e. The van der Waals surface area contributed by atoms with Gasteiger partial charge in [0.1, 0.15) is 5.82 Å². The molecule has 0 N–H and O–H groups in total. The molecule has 2 rings (SSSR count). The van der Waals surface area contributed by atoms with Crippen molar-refractivity contribution in [2.75, 3.05) is 0 Å². The van der Waals surface area contributed by atoms with Gasteiger partial charge in [-0.3, -0.25) is 4.79 Å². The SMILES string of the molecule is O=C(Cc1ccc(F)c(Br)c1)c1ccc(F)c(F)c1Br. The number of hydrogen-bond acceptors (Lipinski definition) is 1. The number of benzene rings is 2. The largest absolute Gasteiger partial charge is 0.294 e. The molecule has 0 saturated carbocycles. The van der Waals surface area contributed by atoms with Crippen molar-refractivity contribution < 1.29 is 18.0 Å². The molecule has 0 bridgehead atoms. The van der Waals surface area contributed by atoms with E-state index in [0.717, 1.165) is 6.07 Å². The number of carbonyl (C=O) groups is 1. The van der Waals surface area contributed by atoms with Gasteiger partial charge in [0.25, 0.3) is 0 Å². The Bertz CT molecular complexity index is 686. The van der Waals surface area contributed by atoms with Gasteiger partial charge in [-0.1, -0.05) is 6.07 Å². The zero-order chi connectivity index (χ0) is 14.9. The topological polar surface area (TPSA) is 17.1 Å². The van der Waals surface area contributed by atoms with E-state index < -0.39 is 23.2 Å². The third-order valence-electron chi connectivity index (χ3n) is 2.68. The van der Waals surface area contributed by atoms with Crippen LogP contribution in [0.25, 0.3) is 0 Å². The second-order valence-electron chi connectivity index (χ2n) is 4.07. The van der Waals surface area contributed by atoms with Crippen LogP contribution in [0.3, 0.4) is 0 Å². The van der Waals surface area contributed by atoms with Crippen molar-refractivity contribution in [2.45, 2.75) is 6.42 Å². The predicted molar refractivity (Wildman–Crippen MR) is 76.2 cm³/mol. The van der Waals surface area contributed by atoms with E-state index in [2.05, 4.69) is 31.9 Å². The van der Waals surface area contributed by atoms with E-state index in [1.165, 1.54) is 24.3 Å². The molecule has 0 unspecified atom stereocenters. The Labute approximate surface area is 130 Å². The van der Waals surface area contributed by atoms with Gasteiger partial charge in [-0.25, -0.2) is 13.2 Å². The Morgan fingerprint density at radius 3 is 2.30 bits per heavy atom. The Kier molecular flexibility index (Phi) is 4.65. The lowest BCUT2D eigenvalue weighted by Gasteiger charge is -2.06. The highest BCUT2D eigenvalue weighted by Gasteiger charge is 2.17. The molecule has 2 aromatic carbocycles. The standard InChI is InChI=1S/C14H7Br2F3O/c15-9-5-7(1-3-10(9)17)6-12(20)8-2-4-11(18)14(19)13(8)16/h1-5H,6H2. The van der Waals surface area contributed by atoms with E-state index in [4.69, 9.17) is 0 Å². The lowest BCUT2D eigenvalue weighted by molar-refractivity contribution is 0.0991. The van der Waals surface area contributed by atoms with Crippen LogP contribution >= 0.6 is 31.9 Å². The Morgan fingerprint density at radius 2 is 1.65 bits per heavy atom. The van der Waals surface area contributed by atoms with Crippen LogP contribution in [0, 0.1) is 17.5 Å². The van der Waals surface area contributed by atoms with Crippen LogP contribution in [-0.4, -0.2) is 5.78 Å². The lowest BCUT2D eigenvalue weighted by Crippen LogP contribution is -2.06. The van der Waals surface area contributed by atoms with E-state index in [1.807, 2.05) is 0 Å². The summed E-state index contributed by atoms with van der Waals surface area (Å²) in [5, 5.41) is 0. The molecule has 1 nitrogen and oxygen atoms in total. The Morgan fingerprint density at radius 1 is 1.00 bits per heavy atom. The van der Waals surface area contributed by atoms with Gasteiger partial charge in [-0.2, -0.15) is 0 Å². The molecular weight excluding hydrogens is 401 g/mol. The Hall–Kier alpha value is -1.14. The number of carbonyl (C=O) groups excluding carboxylic acids is 1. The quantitative estimate of drug-likeness (QED) is 0.513. The molecule has 104 valence electrons. The maximum absolute atomic E-state index is 13.4. The second-order valence-corrected chi connectivity index (χ2v) is 5.72. The van der Waals surface area contributed by atoms with Gasteiger partial charge < -0.3 is 0 Å². The zero-order valence-corrected chi connectivity index (χ0v) is 13.1. The van der Waals surface area contributed by atoms with Crippen molar-refractivity contribution >= 4 is 37.6 Å². The van der Waals surface area contributed by atoms with Gasteiger partial charge in [-0.05, 0) is 61.7 Å². The van der Waals surface area contributed by atoms with E-state index in [9.17, 15) is 18.0 Å². The second kappa shape index (κ2) is 6.10. The summed E-state index contributed by atoms with van der Waals surface area (Å²) in [4.78, 5) is 12.1. The number of hydrogen-bond donors (Lipinski definition) is 0. The Balaban J connectivity index is 2.28. The molecule has 0 aliphatic rings. The molecule has 0 aromatic heterocycles. The molecule has 0 radical (unpaired) electrons. The number of rotatable bonds is 3. The van der Waals surface area contributed by atoms with E-state index in [1.54, 1.807) is 0 Å². The highest BCUT2D eigenvalue weighted by atomic mass is 79.9. The molecule has 20 heavy (non-hydrogen) atoms. The van der Waals surface area contributed by atoms with E-state index in [0.29, 0.717) is 5.56 Å². The molecule has 0 fully saturated rings. The first-order chi connectivity index (χ1) is 9.40. The van der Waals surface area contributed by atoms with Gasteiger partial charge in [-0.15, -0.1) is 0 Å². The van der Waals surface area contributed by atoms with Gasteiger partial charge >= 0.3 is 0 Å². The monoisotopic (exact) mass is 406 g/mol. The molecule has 0 aliphatic carbocycles. The minimum absolute atomic E-state index is 0.0391. The average molecular weight is 408 g/mol. The summed E-state index contributed by atoms with van der Waals surface area (Å²) in [6.45, 7) is 0. The van der Waals surface area contributed by atoms with Crippen molar-refractivity contribution in [3.05, 3.63) is 67.9 Å². The normalized spacial score (nSPS) is 10.7. The van der Waals surface area contributed by atoms with Crippen molar-refractivity contribution in [1.29, 1.82) is 0 Å². The zero-order valence-electron chi connectivity index (χ0n) is 9.89. The van der Waals surface area contributed by atoms with Crippen LogP contribution in [0.4, 0.5) is 13.2 Å². The highest BCUT2D eigenvalue weighted by molar-refractivity contribution is 9.10. The van der Waals surface area contributed by atoms with Crippen molar-refractivity contribution in [1.82, 2.24) is 0 Å². The molecule has 6 heteroatoms. The molecule has 0 aliphatic heterocycles. The first-order valence-corrected chi connectivity index (χ1v) is 7.09. The first-order valence-electron chi connectivity index (χ1n) is 5.50. The van der Waals surface area contributed by atoms with Crippen LogP contribution < -0.4 is 0 Å². The summed E-state index contributed by atoms with van der Waals surface area (Å²) in [6.07, 6.45) is -0.0391. The summed E-state index contributed by atoms with van der Waals surface area (Å²) in [6, 6.07) is 6.27. The number of halogens is 5. The van der Waals surface area contributed by atoms with Gasteiger partial charge in [0.05, 0.1) is 8.95 Å².